The molecule has 0 atom stereocenters. The van der Waals surface area contributed by atoms with Crippen molar-refractivity contribution in [3.63, 3.8) is 0 Å². The number of rotatable bonds is 1. The second kappa shape index (κ2) is 2.60. The summed E-state index contributed by atoms with van der Waals surface area (Å²) in [6, 6.07) is 0. The smallest absolute Gasteiger partial charge is 0.247 e. The van der Waals surface area contributed by atoms with Gasteiger partial charge in [-0.15, -0.1) is 0 Å². The molecule has 0 aromatic carbocycles. The molecular formula is C8H13O2. The largest absolute Gasteiger partial charge is 0.361 e. The third-order valence-corrected chi connectivity index (χ3v) is 2.45. The van der Waals surface area contributed by atoms with E-state index in [1.165, 1.54) is 6.42 Å². The predicted molar refractivity (Wildman–Crippen MR) is 36.9 cm³/mol. The van der Waals surface area contributed by atoms with E-state index < -0.39 is 11.4 Å². The highest BCUT2D eigenvalue weighted by Gasteiger charge is 2.35. The van der Waals surface area contributed by atoms with E-state index in [9.17, 15) is 9.90 Å². The Hall–Kier alpha value is -0.530. The fourth-order valence-corrected chi connectivity index (χ4v) is 1.54. The summed E-state index contributed by atoms with van der Waals surface area (Å²) in [5.74, 6) is -0.868. The molecule has 0 amide bonds. The van der Waals surface area contributed by atoms with E-state index in [4.69, 9.17) is 0 Å². The van der Waals surface area contributed by atoms with Crippen molar-refractivity contribution in [2.45, 2.75) is 39.0 Å². The second-order valence-corrected chi connectivity index (χ2v) is 3.41. The van der Waals surface area contributed by atoms with Crippen LogP contribution in [0.4, 0.5) is 0 Å². The van der Waals surface area contributed by atoms with Gasteiger partial charge in [0.2, 0.25) is 0 Å². The van der Waals surface area contributed by atoms with Gasteiger partial charge in [0.25, 0.3) is 0 Å². The van der Waals surface area contributed by atoms with Gasteiger partial charge in [0.05, 0.1) is 5.41 Å². The quantitative estimate of drug-likeness (QED) is 0.549. The molecule has 0 aromatic rings. The van der Waals surface area contributed by atoms with E-state index in [1.54, 1.807) is 6.92 Å². The van der Waals surface area contributed by atoms with Crippen molar-refractivity contribution in [3.8, 4) is 0 Å². The minimum atomic E-state index is -0.868. The van der Waals surface area contributed by atoms with Gasteiger partial charge in [0.15, 0.2) is 0 Å². The summed E-state index contributed by atoms with van der Waals surface area (Å²) in [5.41, 5.74) is -0.516. The van der Waals surface area contributed by atoms with Gasteiger partial charge in [-0.05, 0) is 19.8 Å². The Morgan fingerprint density at radius 1 is 1.20 bits per heavy atom. The van der Waals surface area contributed by atoms with Crippen molar-refractivity contribution in [2.24, 2.45) is 5.41 Å². The average molecular weight is 141 g/mol. The van der Waals surface area contributed by atoms with Crippen molar-refractivity contribution in [1.29, 1.82) is 0 Å². The summed E-state index contributed by atoms with van der Waals surface area (Å²) >= 11 is 0. The molecular weight excluding hydrogens is 128 g/mol. The van der Waals surface area contributed by atoms with Crippen molar-refractivity contribution in [3.05, 3.63) is 0 Å². The van der Waals surface area contributed by atoms with Gasteiger partial charge in [-0.25, -0.2) is 9.90 Å². The van der Waals surface area contributed by atoms with Crippen LogP contribution >= 0.6 is 0 Å². The van der Waals surface area contributed by atoms with Gasteiger partial charge in [0, 0.05) is 0 Å². The second-order valence-electron chi connectivity index (χ2n) is 3.41. The number of carbonyl (C=O) groups excluding carboxylic acids is 1. The lowest BCUT2D eigenvalue weighted by Crippen LogP contribution is -2.28. The molecule has 1 aliphatic carbocycles. The molecule has 1 rings (SSSR count). The van der Waals surface area contributed by atoms with Crippen LogP contribution in [0.5, 0.6) is 0 Å². The Morgan fingerprint density at radius 2 is 1.70 bits per heavy atom. The fourth-order valence-electron chi connectivity index (χ4n) is 1.54. The molecule has 0 aliphatic heterocycles. The first-order valence-electron chi connectivity index (χ1n) is 3.87. The highest BCUT2D eigenvalue weighted by Crippen LogP contribution is 2.35. The maximum atomic E-state index is 10.6. The lowest BCUT2D eigenvalue weighted by Gasteiger charge is -2.27. The molecule has 2 nitrogen and oxygen atoms in total. The fraction of sp³-hybridized carbons (Fsp3) is 0.875. The first kappa shape index (κ1) is 7.58. The monoisotopic (exact) mass is 141 g/mol. The van der Waals surface area contributed by atoms with Crippen LogP contribution in [0, 0.1) is 5.41 Å². The van der Waals surface area contributed by atoms with E-state index in [-0.39, 0.29) is 0 Å². The highest BCUT2D eigenvalue weighted by atomic mass is 16.4. The van der Waals surface area contributed by atoms with E-state index in [2.05, 4.69) is 0 Å². The molecule has 0 bridgehead atoms. The van der Waals surface area contributed by atoms with Crippen LogP contribution in [0.25, 0.3) is 0 Å². The Morgan fingerprint density at radius 3 is 2.00 bits per heavy atom. The maximum Gasteiger partial charge on any atom is 0.361 e. The molecule has 1 aliphatic rings. The summed E-state index contributed by atoms with van der Waals surface area (Å²) in [4.78, 5) is 10.6. The third kappa shape index (κ3) is 1.31. The van der Waals surface area contributed by atoms with E-state index in [0.29, 0.717) is 0 Å². The number of hydrogen-bond acceptors (Lipinski definition) is 1. The Balaban J connectivity index is 2.56. The van der Waals surface area contributed by atoms with Crippen molar-refractivity contribution < 1.29 is 9.90 Å². The van der Waals surface area contributed by atoms with Gasteiger partial charge >= 0.3 is 5.97 Å². The van der Waals surface area contributed by atoms with Gasteiger partial charge < -0.3 is 0 Å². The molecule has 2 heteroatoms. The van der Waals surface area contributed by atoms with Gasteiger partial charge in [-0.1, -0.05) is 19.3 Å². The molecule has 57 valence electrons. The van der Waals surface area contributed by atoms with Crippen molar-refractivity contribution in [2.75, 3.05) is 0 Å². The zero-order valence-electron chi connectivity index (χ0n) is 6.35. The molecule has 0 spiro atoms. The van der Waals surface area contributed by atoms with Crippen LogP contribution in [-0.2, 0) is 9.90 Å². The zero-order chi connectivity index (χ0) is 7.61. The summed E-state index contributed by atoms with van der Waals surface area (Å²) < 4.78 is 0. The van der Waals surface area contributed by atoms with Crippen LogP contribution in [0.3, 0.4) is 0 Å². The SMILES string of the molecule is CC1(C([O])=O)CCCCC1. The van der Waals surface area contributed by atoms with Crippen LogP contribution < -0.4 is 0 Å². The number of carbonyl (C=O) groups is 1. The normalized spacial score (nSPS) is 24.1. The van der Waals surface area contributed by atoms with Crippen molar-refractivity contribution in [1.82, 2.24) is 0 Å². The highest BCUT2D eigenvalue weighted by molar-refractivity contribution is 5.73. The number of hydrogen-bond donors (Lipinski definition) is 0. The molecule has 1 radical (unpaired) electrons. The third-order valence-electron chi connectivity index (χ3n) is 2.45. The topological polar surface area (TPSA) is 37.0 Å². The molecule has 0 N–H and O–H groups in total. The minimum absolute atomic E-state index is 0.516. The average Bonchev–Trinajstić information content (AvgIpc) is 1.89. The van der Waals surface area contributed by atoms with Crippen molar-refractivity contribution >= 4 is 5.97 Å². The minimum Gasteiger partial charge on any atom is -0.247 e. The Bertz CT molecular complexity index is 134. The molecule has 0 saturated heterocycles. The van der Waals surface area contributed by atoms with Gasteiger partial charge in [-0.3, -0.25) is 0 Å². The van der Waals surface area contributed by atoms with Crippen LogP contribution in [0.2, 0.25) is 0 Å². The summed E-state index contributed by atoms with van der Waals surface area (Å²) in [6.45, 7) is 1.79. The summed E-state index contributed by atoms with van der Waals surface area (Å²) in [5, 5.41) is 10.6. The van der Waals surface area contributed by atoms with Crippen LogP contribution in [0.15, 0.2) is 0 Å². The van der Waals surface area contributed by atoms with E-state index >= 15 is 0 Å². The lowest BCUT2D eigenvalue weighted by molar-refractivity contribution is -0.156. The van der Waals surface area contributed by atoms with E-state index in [1.807, 2.05) is 0 Å². The van der Waals surface area contributed by atoms with Gasteiger partial charge in [0.1, 0.15) is 0 Å². The molecule has 0 unspecified atom stereocenters. The lowest BCUT2D eigenvalue weighted by atomic mass is 9.76. The summed E-state index contributed by atoms with van der Waals surface area (Å²) in [6.07, 6.45) is 4.88. The molecule has 1 saturated carbocycles. The zero-order valence-corrected chi connectivity index (χ0v) is 6.35. The summed E-state index contributed by atoms with van der Waals surface area (Å²) in [7, 11) is 0. The Kier molecular flexibility index (Phi) is 1.97. The molecule has 10 heavy (non-hydrogen) atoms. The standard InChI is InChI=1S/C8H13O2/c1-8(7(9)10)5-3-2-4-6-8/h2-6H2,1H3. The molecule has 0 aromatic heterocycles. The van der Waals surface area contributed by atoms with Crippen LogP contribution in [0.1, 0.15) is 39.0 Å². The molecule has 0 heterocycles. The Labute approximate surface area is 61.2 Å². The predicted octanol–water partition coefficient (Wildman–Crippen LogP) is 1.91. The maximum absolute atomic E-state index is 10.6. The molecule has 1 fully saturated rings. The van der Waals surface area contributed by atoms with Crippen LogP contribution in [-0.4, -0.2) is 5.97 Å². The van der Waals surface area contributed by atoms with E-state index in [0.717, 1.165) is 25.7 Å². The first-order valence-corrected chi connectivity index (χ1v) is 3.87. The first-order chi connectivity index (χ1) is 4.65. The van der Waals surface area contributed by atoms with Gasteiger partial charge in [-0.2, -0.15) is 0 Å².